The van der Waals surface area contributed by atoms with Crippen LogP contribution in [0.25, 0.3) is 0 Å². The molecule has 0 saturated carbocycles. The summed E-state index contributed by atoms with van der Waals surface area (Å²) in [7, 11) is 1.58. The third kappa shape index (κ3) is 3.79. The van der Waals surface area contributed by atoms with Crippen molar-refractivity contribution in [1.29, 1.82) is 0 Å². The van der Waals surface area contributed by atoms with Crippen molar-refractivity contribution in [2.45, 2.75) is 18.6 Å². The Morgan fingerprint density at radius 2 is 2.25 bits per heavy atom. The lowest BCUT2D eigenvalue weighted by atomic mass is 10.1. The van der Waals surface area contributed by atoms with Gasteiger partial charge in [0.15, 0.2) is 0 Å². The first kappa shape index (κ1) is 15.0. The number of hydrogen-bond donors (Lipinski definition) is 1. The summed E-state index contributed by atoms with van der Waals surface area (Å²) in [4.78, 5) is 14.1. The Hall–Kier alpha value is -1.43. The van der Waals surface area contributed by atoms with E-state index in [1.807, 2.05) is 35.2 Å². The quantitative estimate of drug-likeness (QED) is 0.871. The maximum atomic E-state index is 12.2. The van der Waals surface area contributed by atoms with Gasteiger partial charge in [0.05, 0.1) is 25.7 Å². The lowest BCUT2D eigenvalue weighted by Gasteiger charge is -2.33. The van der Waals surface area contributed by atoms with Gasteiger partial charge in [-0.3, -0.25) is 4.79 Å². The largest absolute Gasteiger partial charge is 0.380 e. The standard InChI is InChI=1S/C15H22N2O3/c1-19-13(10-16)9-15(18)17-7-8-20-14(11-17)12-5-3-2-4-6-12/h2-6,13-14H,7-11,16H2,1H3. The molecule has 0 bridgehead atoms. The molecule has 1 amide bonds. The fourth-order valence-corrected chi connectivity index (χ4v) is 2.33. The van der Waals surface area contributed by atoms with E-state index in [-0.39, 0.29) is 18.1 Å². The van der Waals surface area contributed by atoms with E-state index < -0.39 is 0 Å². The molecule has 0 aromatic heterocycles. The SMILES string of the molecule is COC(CN)CC(=O)N1CCOC(c2ccccc2)C1. The summed E-state index contributed by atoms with van der Waals surface area (Å²) < 4.78 is 10.9. The van der Waals surface area contributed by atoms with E-state index in [4.69, 9.17) is 15.2 Å². The van der Waals surface area contributed by atoms with Crippen molar-refractivity contribution < 1.29 is 14.3 Å². The van der Waals surface area contributed by atoms with E-state index in [2.05, 4.69) is 0 Å². The highest BCUT2D eigenvalue weighted by molar-refractivity contribution is 5.76. The van der Waals surface area contributed by atoms with E-state index in [9.17, 15) is 4.79 Å². The van der Waals surface area contributed by atoms with Gasteiger partial charge in [0.25, 0.3) is 0 Å². The Kier molecular flexibility index (Phi) is 5.52. The topological polar surface area (TPSA) is 64.8 Å². The van der Waals surface area contributed by atoms with Crippen molar-refractivity contribution in [2.75, 3.05) is 33.4 Å². The molecule has 2 rings (SSSR count). The van der Waals surface area contributed by atoms with Gasteiger partial charge in [0.1, 0.15) is 6.10 Å². The van der Waals surface area contributed by atoms with Crippen LogP contribution in [0.3, 0.4) is 0 Å². The van der Waals surface area contributed by atoms with Crippen LogP contribution < -0.4 is 5.73 Å². The van der Waals surface area contributed by atoms with E-state index in [1.165, 1.54) is 0 Å². The molecule has 1 saturated heterocycles. The fourth-order valence-electron chi connectivity index (χ4n) is 2.33. The number of amides is 1. The van der Waals surface area contributed by atoms with E-state index in [0.29, 0.717) is 32.7 Å². The number of carbonyl (C=O) groups is 1. The Bertz CT molecular complexity index is 420. The van der Waals surface area contributed by atoms with E-state index >= 15 is 0 Å². The molecular weight excluding hydrogens is 256 g/mol. The summed E-state index contributed by atoms with van der Waals surface area (Å²) in [5.41, 5.74) is 6.66. The van der Waals surface area contributed by atoms with Gasteiger partial charge >= 0.3 is 0 Å². The van der Waals surface area contributed by atoms with E-state index in [0.717, 1.165) is 5.56 Å². The van der Waals surface area contributed by atoms with Crippen LogP contribution in [0.4, 0.5) is 0 Å². The first-order chi connectivity index (χ1) is 9.74. The van der Waals surface area contributed by atoms with Crippen molar-refractivity contribution in [3.8, 4) is 0 Å². The number of methoxy groups -OCH3 is 1. The number of nitrogens with zero attached hydrogens (tertiary/aromatic N) is 1. The van der Waals surface area contributed by atoms with Crippen molar-refractivity contribution in [2.24, 2.45) is 5.73 Å². The van der Waals surface area contributed by atoms with Crippen LogP contribution in [-0.4, -0.2) is 50.3 Å². The molecule has 1 aliphatic rings. The molecule has 5 heteroatoms. The van der Waals surface area contributed by atoms with Gasteiger partial charge in [-0.2, -0.15) is 0 Å². The average molecular weight is 278 g/mol. The Balaban J connectivity index is 1.95. The number of carbonyl (C=O) groups excluding carboxylic acids is 1. The molecule has 0 radical (unpaired) electrons. The molecule has 20 heavy (non-hydrogen) atoms. The molecule has 1 aromatic carbocycles. The second kappa shape index (κ2) is 7.38. The highest BCUT2D eigenvalue weighted by Crippen LogP contribution is 2.22. The van der Waals surface area contributed by atoms with Crippen molar-refractivity contribution in [3.63, 3.8) is 0 Å². The first-order valence-corrected chi connectivity index (χ1v) is 6.91. The molecule has 2 unspecified atom stereocenters. The van der Waals surface area contributed by atoms with Gasteiger partial charge in [0.2, 0.25) is 5.91 Å². The Morgan fingerprint density at radius 1 is 1.50 bits per heavy atom. The van der Waals surface area contributed by atoms with Gasteiger partial charge in [-0.05, 0) is 5.56 Å². The molecule has 1 aliphatic heterocycles. The number of benzene rings is 1. The zero-order valence-electron chi connectivity index (χ0n) is 11.8. The van der Waals surface area contributed by atoms with Gasteiger partial charge in [-0.1, -0.05) is 30.3 Å². The van der Waals surface area contributed by atoms with Crippen LogP contribution in [0.2, 0.25) is 0 Å². The van der Waals surface area contributed by atoms with Crippen LogP contribution >= 0.6 is 0 Å². The van der Waals surface area contributed by atoms with Crippen molar-refractivity contribution >= 4 is 5.91 Å². The summed E-state index contributed by atoms with van der Waals surface area (Å²) in [5.74, 6) is 0.0755. The molecule has 2 atom stereocenters. The maximum Gasteiger partial charge on any atom is 0.225 e. The minimum Gasteiger partial charge on any atom is -0.380 e. The van der Waals surface area contributed by atoms with Crippen molar-refractivity contribution in [1.82, 2.24) is 4.90 Å². The molecule has 1 fully saturated rings. The zero-order chi connectivity index (χ0) is 14.4. The minimum absolute atomic E-state index is 0.0484. The lowest BCUT2D eigenvalue weighted by Crippen LogP contribution is -2.44. The molecule has 2 N–H and O–H groups in total. The van der Waals surface area contributed by atoms with Gasteiger partial charge in [-0.25, -0.2) is 0 Å². The predicted molar refractivity (Wildman–Crippen MR) is 76.2 cm³/mol. The van der Waals surface area contributed by atoms with Gasteiger partial charge in [-0.15, -0.1) is 0 Å². The molecule has 5 nitrogen and oxygen atoms in total. The Morgan fingerprint density at radius 3 is 2.90 bits per heavy atom. The Labute approximate surface area is 119 Å². The smallest absolute Gasteiger partial charge is 0.225 e. The number of rotatable bonds is 5. The minimum atomic E-state index is -0.208. The molecule has 0 aliphatic carbocycles. The normalized spacial score (nSPS) is 20.7. The lowest BCUT2D eigenvalue weighted by molar-refractivity contribution is -0.141. The van der Waals surface area contributed by atoms with Crippen LogP contribution in [0.1, 0.15) is 18.1 Å². The predicted octanol–water partition coefficient (Wildman–Crippen LogP) is 0.950. The highest BCUT2D eigenvalue weighted by Gasteiger charge is 2.26. The van der Waals surface area contributed by atoms with Crippen LogP contribution in [0, 0.1) is 0 Å². The molecule has 110 valence electrons. The highest BCUT2D eigenvalue weighted by atomic mass is 16.5. The summed E-state index contributed by atoms with van der Waals surface area (Å²) in [6.45, 7) is 2.13. The third-order valence-electron chi connectivity index (χ3n) is 3.59. The molecule has 1 heterocycles. The van der Waals surface area contributed by atoms with Crippen molar-refractivity contribution in [3.05, 3.63) is 35.9 Å². The summed E-state index contributed by atoms with van der Waals surface area (Å²) >= 11 is 0. The monoisotopic (exact) mass is 278 g/mol. The summed E-state index contributed by atoms with van der Waals surface area (Å²) in [5, 5.41) is 0. The number of ether oxygens (including phenoxy) is 2. The van der Waals surface area contributed by atoms with Gasteiger partial charge < -0.3 is 20.1 Å². The first-order valence-electron chi connectivity index (χ1n) is 6.91. The average Bonchev–Trinajstić information content (AvgIpc) is 2.53. The zero-order valence-corrected chi connectivity index (χ0v) is 11.8. The molecule has 1 aromatic rings. The van der Waals surface area contributed by atoms with Crippen LogP contribution in [-0.2, 0) is 14.3 Å². The number of hydrogen-bond acceptors (Lipinski definition) is 4. The number of nitrogens with two attached hydrogens (primary N) is 1. The summed E-state index contributed by atoms with van der Waals surface area (Å²) in [6, 6.07) is 9.98. The fraction of sp³-hybridized carbons (Fsp3) is 0.533. The van der Waals surface area contributed by atoms with Crippen LogP contribution in [0.15, 0.2) is 30.3 Å². The van der Waals surface area contributed by atoms with Crippen LogP contribution in [0.5, 0.6) is 0 Å². The van der Waals surface area contributed by atoms with E-state index in [1.54, 1.807) is 7.11 Å². The summed E-state index contributed by atoms with van der Waals surface area (Å²) in [6.07, 6.45) is 0.0717. The second-order valence-electron chi connectivity index (χ2n) is 4.91. The maximum absolute atomic E-state index is 12.2. The molecular formula is C15H22N2O3. The third-order valence-corrected chi connectivity index (χ3v) is 3.59. The molecule has 0 spiro atoms. The second-order valence-corrected chi connectivity index (χ2v) is 4.91. The number of morpholine rings is 1. The van der Waals surface area contributed by atoms with Gasteiger partial charge in [0, 0.05) is 20.2 Å².